The Kier molecular flexibility index (Phi) is 3.91. The van der Waals surface area contributed by atoms with Gasteiger partial charge in [-0.1, -0.05) is 0 Å². The van der Waals surface area contributed by atoms with E-state index in [1.165, 1.54) is 6.07 Å². The van der Waals surface area contributed by atoms with E-state index in [9.17, 15) is 24.4 Å². The van der Waals surface area contributed by atoms with Crippen LogP contribution in [0.5, 0.6) is 0 Å². The van der Waals surface area contributed by atoms with Crippen LogP contribution in [0.4, 0.5) is 11.4 Å². The zero-order valence-corrected chi connectivity index (χ0v) is 9.23. The molecule has 0 bridgehead atoms. The normalized spacial score (nSPS) is 12.1. The summed E-state index contributed by atoms with van der Waals surface area (Å²) in [7, 11) is 3.44. The van der Waals surface area contributed by atoms with E-state index in [4.69, 9.17) is 10.7 Å². The molecule has 0 radical (unpaired) electrons. The van der Waals surface area contributed by atoms with E-state index in [-0.39, 0.29) is 11.3 Å². The molecule has 16 heavy (non-hydrogen) atoms. The third kappa shape index (κ3) is 2.97. The number of non-ortho nitro benzene ring substituents is 1. The second-order valence-electron chi connectivity index (χ2n) is 2.76. The third-order valence-corrected chi connectivity index (χ3v) is 2.61. The first-order valence-electron chi connectivity index (χ1n) is 3.88. The Morgan fingerprint density at radius 2 is 1.88 bits per heavy atom. The standard InChI is InChI=1S/C7H5ClN2O5S/c8-16(15)4-5-1-2-6(9(11)12)3-7(5)10(13)14/h1-3H,4H2. The minimum atomic E-state index is -1.76. The van der Waals surface area contributed by atoms with E-state index in [1.54, 1.807) is 0 Å². The molecule has 0 saturated carbocycles. The maximum Gasteiger partial charge on any atom is 0.280 e. The van der Waals surface area contributed by atoms with E-state index < -0.39 is 31.2 Å². The molecule has 1 atom stereocenters. The van der Waals surface area contributed by atoms with Gasteiger partial charge in [-0.05, 0) is 16.7 Å². The van der Waals surface area contributed by atoms with Crippen LogP contribution in [0.2, 0.25) is 0 Å². The molecule has 1 aromatic carbocycles. The van der Waals surface area contributed by atoms with Gasteiger partial charge in [-0.25, -0.2) is 4.21 Å². The summed E-state index contributed by atoms with van der Waals surface area (Å²) in [5.41, 5.74) is -0.747. The molecular weight excluding hydrogens is 260 g/mol. The Labute approximate surface area is 96.3 Å². The average molecular weight is 265 g/mol. The minimum absolute atomic E-state index is 0.101. The van der Waals surface area contributed by atoms with Gasteiger partial charge in [0.2, 0.25) is 0 Å². The zero-order valence-electron chi connectivity index (χ0n) is 7.66. The van der Waals surface area contributed by atoms with Gasteiger partial charge in [-0.15, -0.1) is 0 Å². The lowest BCUT2D eigenvalue weighted by atomic mass is 10.2. The lowest BCUT2D eigenvalue weighted by Gasteiger charge is -1.99. The van der Waals surface area contributed by atoms with Crippen LogP contribution in [0, 0.1) is 20.2 Å². The summed E-state index contributed by atoms with van der Waals surface area (Å²) in [6.45, 7) is 0. The summed E-state index contributed by atoms with van der Waals surface area (Å²) in [5, 5.41) is 21.0. The van der Waals surface area contributed by atoms with Crippen LogP contribution in [0.25, 0.3) is 0 Å². The topological polar surface area (TPSA) is 103 Å². The van der Waals surface area contributed by atoms with Crippen LogP contribution in [-0.2, 0) is 15.8 Å². The molecule has 1 rings (SSSR count). The largest absolute Gasteiger partial charge is 0.280 e. The highest BCUT2D eigenvalue weighted by Gasteiger charge is 2.20. The van der Waals surface area contributed by atoms with Crippen LogP contribution < -0.4 is 0 Å². The van der Waals surface area contributed by atoms with Crippen molar-refractivity contribution < 1.29 is 14.1 Å². The summed E-state index contributed by atoms with van der Waals surface area (Å²) in [6.07, 6.45) is 0. The molecule has 0 saturated heterocycles. The molecule has 0 fully saturated rings. The number of nitro groups is 2. The van der Waals surface area contributed by atoms with Gasteiger partial charge in [-0.2, -0.15) is 0 Å². The third-order valence-electron chi connectivity index (χ3n) is 1.75. The number of hydrogen-bond acceptors (Lipinski definition) is 5. The first kappa shape index (κ1) is 12.5. The molecule has 0 N–H and O–H groups in total. The summed E-state index contributed by atoms with van der Waals surface area (Å²) in [5.74, 6) is -0.226. The number of rotatable bonds is 4. The van der Waals surface area contributed by atoms with E-state index in [2.05, 4.69) is 0 Å². The molecule has 0 spiro atoms. The van der Waals surface area contributed by atoms with E-state index >= 15 is 0 Å². The van der Waals surface area contributed by atoms with Crippen molar-refractivity contribution in [1.29, 1.82) is 0 Å². The van der Waals surface area contributed by atoms with Gasteiger partial charge in [0, 0.05) is 11.6 Å². The summed E-state index contributed by atoms with van der Waals surface area (Å²) >= 11 is 0. The fraction of sp³-hybridized carbons (Fsp3) is 0.143. The van der Waals surface area contributed by atoms with Crippen molar-refractivity contribution in [3.05, 3.63) is 44.0 Å². The van der Waals surface area contributed by atoms with E-state index in [0.29, 0.717) is 0 Å². The number of benzene rings is 1. The van der Waals surface area contributed by atoms with Crippen molar-refractivity contribution >= 4 is 32.1 Å². The second kappa shape index (κ2) is 4.99. The summed E-state index contributed by atoms with van der Waals surface area (Å²) in [6, 6.07) is 3.10. The molecular formula is C7H5ClN2O5S. The Balaban J connectivity index is 3.24. The average Bonchev–Trinajstić information content (AvgIpc) is 2.16. The molecule has 0 aromatic heterocycles. The van der Waals surface area contributed by atoms with Crippen molar-refractivity contribution in [2.24, 2.45) is 0 Å². The Hall–Kier alpha value is -1.54. The Morgan fingerprint density at radius 3 is 2.31 bits per heavy atom. The number of nitrogens with zero attached hydrogens (tertiary/aromatic N) is 2. The number of hydrogen-bond donors (Lipinski definition) is 0. The second-order valence-corrected chi connectivity index (χ2v) is 4.66. The van der Waals surface area contributed by atoms with Crippen LogP contribution in [0.3, 0.4) is 0 Å². The van der Waals surface area contributed by atoms with Gasteiger partial charge < -0.3 is 0 Å². The van der Waals surface area contributed by atoms with Gasteiger partial charge >= 0.3 is 0 Å². The quantitative estimate of drug-likeness (QED) is 0.469. The first-order valence-corrected chi connectivity index (χ1v) is 6.02. The monoisotopic (exact) mass is 264 g/mol. The van der Waals surface area contributed by atoms with Gasteiger partial charge in [0.1, 0.15) is 10.0 Å². The summed E-state index contributed by atoms with van der Waals surface area (Å²) in [4.78, 5) is 19.5. The molecule has 9 heteroatoms. The van der Waals surface area contributed by atoms with E-state index in [1.807, 2.05) is 0 Å². The Morgan fingerprint density at radius 1 is 1.25 bits per heavy atom. The van der Waals surface area contributed by atoms with Crippen molar-refractivity contribution in [3.63, 3.8) is 0 Å². The SMILES string of the molecule is O=[N+]([O-])c1ccc(CS(=O)Cl)c([N+](=O)[O-])c1. The first-order chi connectivity index (χ1) is 7.41. The fourth-order valence-electron chi connectivity index (χ4n) is 1.08. The molecule has 0 aliphatic carbocycles. The molecule has 1 unspecified atom stereocenters. The van der Waals surface area contributed by atoms with Gasteiger partial charge in [0.15, 0.2) is 0 Å². The predicted octanol–water partition coefficient (Wildman–Crippen LogP) is 1.91. The molecule has 7 nitrogen and oxygen atoms in total. The molecule has 0 aliphatic heterocycles. The molecule has 0 aliphatic rings. The van der Waals surface area contributed by atoms with Gasteiger partial charge in [-0.3, -0.25) is 20.2 Å². The lowest BCUT2D eigenvalue weighted by molar-refractivity contribution is -0.394. The smallest absolute Gasteiger partial charge is 0.258 e. The maximum atomic E-state index is 10.7. The highest BCUT2D eigenvalue weighted by molar-refractivity contribution is 8.07. The van der Waals surface area contributed by atoms with Crippen molar-refractivity contribution in [2.45, 2.75) is 5.75 Å². The number of nitro benzene ring substituents is 2. The lowest BCUT2D eigenvalue weighted by Crippen LogP contribution is -1.99. The van der Waals surface area contributed by atoms with Crippen molar-refractivity contribution in [1.82, 2.24) is 0 Å². The summed E-state index contributed by atoms with van der Waals surface area (Å²) < 4.78 is 10.7. The molecule has 86 valence electrons. The van der Waals surface area contributed by atoms with Crippen LogP contribution in [0.15, 0.2) is 18.2 Å². The fourth-order valence-corrected chi connectivity index (χ4v) is 1.92. The molecule has 0 heterocycles. The van der Waals surface area contributed by atoms with E-state index in [0.717, 1.165) is 12.1 Å². The van der Waals surface area contributed by atoms with Gasteiger partial charge in [0.25, 0.3) is 11.4 Å². The predicted molar refractivity (Wildman–Crippen MR) is 57.5 cm³/mol. The number of halogens is 1. The Bertz CT molecular complexity index is 478. The minimum Gasteiger partial charge on any atom is -0.258 e. The van der Waals surface area contributed by atoms with Crippen molar-refractivity contribution in [3.8, 4) is 0 Å². The van der Waals surface area contributed by atoms with Crippen molar-refractivity contribution in [2.75, 3.05) is 0 Å². The highest BCUT2D eigenvalue weighted by Crippen LogP contribution is 2.25. The molecule has 1 aromatic rings. The van der Waals surface area contributed by atoms with Crippen LogP contribution in [-0.4, -0.2) is 14.1 Å². The van der Waals surface area contributed by atoms with Crippen LogP contribution in [0.1, 0.15) is 5.56 Å². The zero-order chi connectivity index (χ0) is 12.3. The highest BCUT2D eigenvalue weighted by atomic mass is 35.7. The van der Waals surface area contributed by atoms with Gasteiger partial charge in [0.05, 0.1) is 21.7 Å². The molecule has 0 amide bonds. The van der Waals surface area contributed by atoms with Crippen LogP contribution >= 0.6 is 10.7 Å². The maximum absolute atomic E-state index is 10.7.